The van der Waals surface area contributed by atoms with Gasteiger partial charge in [-0.05, 0) is 56.2 Å². The van der Waals surface area contributed by atoms with Crippen molar-refractivity contribution in [3.63, 3.8) is 0 Å². The van der Waals surface area contributed by atoms with Gasteiger partial charge >= 0.3 is 0 Å². The van der Waals surface area contributed by atoms with E-state index in [0.29, 0.717) is 11.8 Å². The zero-order valence-corrected chi connectivity index (χ0v) is 12.8. The molecule has 0 aromatic heterocycles. The lowest BCUT2D eigenvalue weighted by atomic mass is 9.78. The van der Waals surface area contributed by atoms with Crippen LogP contribution in [0.1, 0.15) is 48.5 Å². The number of halogens is 2. The Kier molecular flexibility index (Phi) is 4.69. The quantitative estimate of drug-likeness (QED) is 0.838. The molecule has 1 N–H and O–H groups in total. The summed E-state index contributed by atoms with van der Waals surface area (Å²) in [7, 11) is 0. The highest BCUT2D eigenvalue weighted by Crippen LogP contribution is 2.33. The molecule has 1 saturated carbocycles. The van der Waals surface area contributed by atoms with E-state index in [9.17, 15) is 9.18 Å². The molecule has 20 heavy (non-hydrogen) atoms. The smallest absolute Gasteiger partial charge is 0.254 e. The predicted molar refractivity (Wildman–Crippen MR) is 79.7 cm³/mol. The van der Waals surface area contributed by atoms with Gasteiger partial charge < -0.3 is 5.32 Å². The summed E-state index contributed by atoms with van der Waals surface area (Å²) >= 11 is 6.07. The highest BCUT2D eigenvalue weighted by Gasteiger charge is 2.35. The van der Waals surface area contributed by atoms with Crippen LogP contribution in [0.15, 0.2) is 18.2 Å². The monoisotopic (exact) mass is 297 g/mol. The maximum atomic E-state index is 13.9. The van der Waals surface area contributed by atoms with Gasteiger partial charge in [-0.15, -0.1) is 11.6 Å². The average molecular weight is 298 g/mol. The number of alkyl halides is 1. The number of benzene rings is 1. The minimum absolute atomic E-state index is 0.0960. The van der Waals surface area contributed by atoms with Gasteiger partial charge in [0.1, 0.15) is 5.82 Å². The van der Waals surface area contributed by atoms with Crippen molar-refractivity contribution in [3.8, 4) is 0 Å². The molecule has 110 valence electrons. The molecule has 1 amide bonds. The number of carbonyl (C=O) groups excluding carboxylic acids is 1. The third-order valence-electron chi connectivity index (χ3n) is 4.24. The van der Waals surface area contributed by atoms with Gasteiger partial charge in [0.25, 0.3) is 5.91 Å². The number of hydrogen-bond acceptors (Lipinski definition) is 1. The van der Waals surface area contributed by atoms with Crippen LogP contribution in [-0.2, 0) is 0 Å². The summed E-state index contributed by atoms with van der Waals surface area (Å²) in [6, 6.07) is 4.66. The van der Waals surface area contributed by atoms with E-state index in [1.54, 1.807) is 13.0 Å². The van der Waals surface area contributed by atoms with E-state index in [2.05, 4.69) is 12.2 Å². The lowest BCUT2D eigenvalue weighted by molar-refractivity contribution is 0.0868. The van der Waals surface area contributed by atoms with E-state index in [1.807, 2.05) is 0 Å². The van der Waals surface area contributed by atoms with Gasteiger partial charge in [-0.25, -0.2) is 4.39 Å². The summed E-state index contributed by atoms with van der Waals surface area (Å²) in [6.07, 6.45) is 3.81. The van der Waals surface area contributed by atoms with Crippen LogP contribution in [0.3, 0.4) is 0 Å². The minimum Gasteiger partial charge on any atom is -0.345 e. The number of carbonyl (C=O) groups is 1. The van der Waals surface area contributed by atoms with Crippen molar-refractivity contribution in [3.05, 3.63) is 35.1 Å². The number of hydrogen-bond donors (Lipinski definition) is 1. The van der Waals surface area contributed by atoms with Gasteiger partial charge in [0.05, 0.1) is 11.1 Å². The molecule has 0 unspecified atom stereocenters. The molecule has 1 aliphatic carbocycles. The second-order valence-corrected chi connectivity index (χ2v) is 6.30. The Labute approximate surface area is 124 Å². The Bertz CT molecular complexity index is 495. The zero-order valence-electron chi connectivity index (χ0n) is 12.0. The maximum absolute atomic E-state index is 13.9. The van der Waals surface area contributed by atoms with Gasteiger partial charge in [-0.3, -0.25) is 4.79 Å². The SMILES string of the molecule is Cc1ccc(C(=O)NC2(CCl)CCC(C)CC2)c(F)c1. The minimum atomic E-state index is -0.476. The molecule has 2 rings (SSSR count). The molecule has 2 nitrogen and oxygen atoms in total. The fourth-order valence-corrected chi connectivity index (χ4v) is 3.05. The molecule has 1 fully saturated rings. The first kappa shape index (κ1) is 15.3. The van der Waals surface area contributed by atoms with Crippen LogP contribution < -0.4 is 5.32 Å². The van der Waals surface area contributed by atoms with Crippen LogP contribution >= 0.6 is 11.6 Å². The number of amides is 1. The molecule has 0 atom stereocenters. The van der Waals surface area contributed by atoms with Crippen molar-refractivity contribution in [2.45, 2.75) is 45.1 Å². The van der Waals surface area contributed by atoms with Crippen molar-refractivity contribution in [1.29, 1.82) is 0 Å². The standard InChI is InChI=1S/C16H21ClFNO/c1-11-5-7-16(10-17,8-6-11)19-15(20)13-4-3-12(2)9-14(13)18/h3-4,9,11H,5-8,10H2,1-2H3,(H,19,20). The van der Waals surface area contributed by atoms with Gasteiger partial charge in [0.2, 0.25) is 0 Å². The van der Waals surface area contributed by atoms with E-state index < -0.39 is 5.82 Å². The Morgan fingerprint density at radius 2 is 2.10 bits per heavy atom. The molecule has 1 aliphatic rings. The number of nitrogens with one attached hydrogen (secondary N) is 1. The molecule has 1 aromatic carbocycles. The Hall–Kier alpha value is -1.09. The van der Waals surface area contributed by atoms with Crippen LogP contribution in [0.5, 0.6) is 0 Å². The van der Waals surface area contributed by atoms with Crippen LogP contribution in [-0.4, -0.2) is 17.3 Å². The third-order valence-corrected chi connectivity index (χ3v) is 4.75. The summed E-state index contributed by atoms with van der Waals surface area (Å²) in [4.78, 5) is 12.3. The van der Waals surface area contributed by atoms with Crippen molar-refractivity contribution >= 4 is 17.5 Å². The highest BCUT2D eigenvalue weighted by atomic mass is 35.5. The molecule has 0 heterocycles. The van der Waals surface area contributed by atoms with Gasteiger partial charge in [0, 0.05) is 5.88 Å². The molecule has 0 aliphatic heterocycles. The predicted octanol–water partition coefficient (Wildman–Crippen LogP) is 4.05. The van der Waals surface area contributed by atoms with E-state index in [4.69, 9.17) is 11.6 Å². The molecule has 0 radical (unpaired) electrons. The fourth-order valence-electron chi connectivity index (χ4n) is 2.72. The summed E-state index contributed by atoms with van der Waals surface area (Å²) in [5, 5.41) is 2.97. The zero-order chi connectivity index (χ0) is 14.8. The molecular weight excluding hydrogens is 277 g/mol. The van der Waals surface area contributed by atoms with Crippen molar-refractivity contribution in [2.24, 2.45) is 5.92 Å². The Morgan fingerprint density at radius 3 is 2.65 bits per heavy atom. The molecule has 1 aromatic rings. The van der Waals surface area contributed by atoms with Crippen molar-refractivity contribution in [1.82, 2.24) is 5.32 Å². The van der Waals surface area contributed by atoms with Gasteiger partial charge in [-0.2, -0.15) is 0 Å². The van der Waals surface area contributed by atoms with E-state index in [1.165, 1.54) is 12.1 Å². The van der Waals surface area contributed by atoms with E-state index in [0.717, 1.165) is 31.2 Å². The number of rotatable bonds is 3. The molecule has 4 heteroatoms. The fraction of sp³-hybridized carbons (Fsp3) is 0.562. The first-order chi connectivity index (χ1) is 9.46. The van der Waals surface area contributed by atoms with E-state index >= 15 is 0 Å². The molecular formula is C16H21ClFNO. The van der Waals surface area contributed by atoms with Gasteiger partial charge in [0.15, 0.2) is 0 Å². The van der Waals surface area contributed by atoms with Gasteiger partial charge in [-0.1, -0.05) is 13.0 Å². The Morgan fingerprint density at radius 1 is 1.45 bits per heavy atom. The second kappa shape index (κ2) is 6.13. The van der Waals surface area contributed by atoms with Crippen LogP contribution in [0.25, 0.3) is 0 Å². The molecule has 0 spiro atoms. The largest absolute Gasteiger partial charge is 0.345 e. The normalized spacial score (nSPS) is 26.3. The second-order valence-electron chi connectivity index (χ2n) is 6.03. The first-order valence-electron chi connectivity index (χ1n) is 7.10. The topological polar surface area (TPSA) is 29.1 Å². The lowest BCUT2D eigenvalue weighted by Gasteiger charge is -2.38. The Balaban J connectivity index is 2.13. The van der Waals surface area contributed by atoms with Crippen LogP contribution in [0.4, 0.5) is 4.39 Å². The molecule has 0 bridgehead atoms. The summed E-state index contributed by atoms with van der Waals surface area (Å²) in [6.45, 7) is 4.01. The lowest BCUT2D eigenvalue weighted by Crippen LogP contribution is -2.52. The summed E-state index contributed by atoms with van der Waals surface area (Å²) in [5.74, 6) is 0.201. The highest BCUT2D eigenvalue weighted by molar-refractivity contribution is 6.19. The van der Waals surface area contributed by atoms with Crippen molar-refractivity contribution < 1.29 is 9.18 Å². The van der Waals surface area contributed by atoms with Crippen molar-refractivity contribution in [2.75, 3.05) is 5.88 Å². The van der Waals surface area contributed by atoms with Crippen LogP contribution in [0.2, 0.25) is 0 Å². The molecule has 0 saturated heterocycles. The third kappa shape index (κ3) is 3.32. The first-order valence-corrected chi connectivity index (χ1v) is 7.64. The van der Waals surface area contributed by atoms with E-state index in [-0.39, 0.29) is 17.0 Å². The number of aryl methyl sites for hydroxylation is 1. The maximum Gasteiger partial charge on any atom is 0.254 e. The van der Waals surface area contributed by atoms with Crippen LogP contribution in [0, 0.1) is 18.7 Å². The summed E-state index contributed by atoms with van der Waals surface area (Å²) in [5.41, 5.74) is 0.513. The average Bonchev–Trinajstić information content (AvgIpc) is 2.41. The summed E-state index contributed by atoms with van der Waals surface area (Å²) < 4.78 is 13.9.